The monoisotopic (exact) mass is 481 g/mol. The molecule has 0 spiro atoms. The number of likely N-dealkylation sites (tertiary alicyclic amines) is 1. The first-order chi connectivity index (χ1) is 16.0. The fraction of sp³-hybridized carbons (Fsp3) is 0.625. The minimum atomic E-state index is -3.52. The molecule has 8 nitrogen and oxygen atoms in total. The van der Waals surface area contributed by atoms with Crippen LogP contribution in [0.2, 0.25) is 0 Å². The van der Waals surface area contributed by atoms with Gasteiger partial charge in [0, 0.05) is 31.6 Å². The number of benzene rings is 1. The summed E-state index contributed by atoms with van der Waals surface area (Å²) < 4.78 is 31.8. The van der Waals surface area contributed by atoms with Gasteiger partial charge in [-0.05, 0) is 82.2 Å². The van der Waals surface area contributed by atoms with E-state index in [-0.39, 0.29) is 17.9 Å². The number of hydrogen-bond acceptors (Lipinski definition) is 4. The normalized spacial score (nSPS) is 16.3. The first-order valence-corrected chi connectivity index (χ1v) is 11.8. The molecule has 0 saturated carbocycles. The Balaban J connectivity index is 1.72. The summed E-state index contributed by atoms with van der Waals surface area (Å²) in [5.74, 6) is -4.10. The number of carbonyl (C=O) groups is 2. The SMILES string of the molecule is Cc1cc(OCCCC2CCN(C(N)=NC(=O)C(C)(F)F)CC2)ccc1C(=O)NC(C)CCN. The van der Waals surface area contributed by atoms with Crippen molar-refractivity contribution in [3.05, 3.63) is 29.3 Å². The summed E-state index contributed by atoms with van der Waals surface area (Å²) in [4.78, 5) is 28.7. The molecule has 190 valence electrons. The number of rotatable bonds is 10. The lowest BCUT2D eigenvalue weighted by molar-refractivity contribution is -0.139. The highest BCUT2D eigenvalue weighted by Gasteiger charge is 2.33. The molecule has 0 radical (unpaired) electrons. The quantitative estimate of drug-likeness (QED) is 0.268. The van der Waals surface area contributed by atoms with Gasteiger partial charge in [-0.1, -0.05) is 0 Å². The highest BCUT2D eigenvalue weighted by Crippen LogP contribution is 2.23. The summed E-state index contributed by atoms with van der Waals surface area (Å²) in [6, 6.07) is 5.46. The number of guanidine groups is 1. The third-order valence-electron chi connectivity index (χ3n) is 5.98. The van der Waals surface area contributed by atoms with Gasteiger partial charge in [-0.15, -0.1) is 0 Å². The molecule has 1 atom stereocenters. The van der Waals surface area contributed by atoms with Crippen LogP contribution < -0.4 is 21.5 Å². The van der Waals surface area contributed by atoms with E-state index in [0.717, 1.165) is 43.4 Å². The average Bonchev–Trinajstić information content (AvgIpc) is 2.76. The molecule has 1 saturated heterocycles. The maximum Gasteiger partial charge on any atom is 0.324 e. The first-order valence-electron chi connectivity index (χ1n) is 11.8. The third-order valence-corrected chi connectivity index (χ3v) is 5.98. The van der Waals surface area contributed by atoms with Crippen LogP contribution in [0, 0.1) is 12.8 Å². The smallest absolute Gasteiger partial charge is 0.324 e. The third kappa shape index (κ3) is 8.55. The van der Waals surface area contributed by atoms with Crippen LogP contribution in [0.3, 0.4) is 0 Å². The lowest BCUT2D eigenvalue weighted by Gasteiger charge is -2.32. The Kier molecular flexibility index (Phi) is 10.2. The second kappa shape index (κ2) is 12.6. The van der Waals surface area contributed by atoms with Gasteiger partial charge >= 0.3 is 11.8 Å². The van der Waals surface area contributed by atoms with Crippen LogP contribution in [-0.2, 0) is 4.79 Å². The van der Waals surface area contributed by atoms with Crippen LogP contribution >= 0.6 is 0 Å². The van der Waals surface area contributed by atoms with E-state index < -0.39 is 11.8 Å². The molecule has 0 aliphatic carbocycles. The van der Waals surface area contributed by atoms with E-state index in [1.807, 2.05) is 19.9 Å². The topological polar surface area (TPSA) is 123 Å². The molecule has 2 rings (SSSR count). The van der Waals surface area contributed by atoms with Crippen LogP contribution in [0.1, 0.15) is 61.9 Å². The largest absolute Gasteiger partial charge is 0.494 e. The number of nitrogens with one attached hydrogen (secondary N) is 1. The zero-order chi connectivity index (χ0) is 25.3. The second-order valence-electron chi connectivity index (χ2n) is 9.01. The van der Waals surface area contributed by atoms with Gasteiger partial charge in [0.05, 0.1) is 6.61 Å². The number of nitrogens with zero attached hydrogens (tertiary/aromatic N) is 2. The molecule has 0 bridgehead atoms. The second-order valence-corrected chi connectivity index (χ2v) is 9.01. The van der Waals surface area contributed by atoms with Crippen molar-refractivity contribution in [1.29, 1.82) is 0 Å². The van der Waals surface area contributed by atoms with E-state index in [1.54, 1.807) is 17.0 Å². The molecule has 2 amide bonds. The number of aliphatic imine (C=N–C) groups is 1. The van der Waals surface area contributed by atoms with Gasteiger partial charge in [-0.3, -0.25) is 9.59 Å². The van der Waals surface area contributed by atoms with Gasteiger partial charge in [-0.2, -0.15) is 13.8 Å². The lowest BCUT2D eigenvalue weighted by atomic mass is 9.92. The molecule has 10 heteroatoms. The number of nitrogens with two attached hydrogens (primary N) is 2. The summed E-state index contributed by atoms with van der Waals surface area (Å²) in [5, 5.41) is 2.94. The number of amides is 2. The van der Waals surface area contributed by atoms with Gasteiger partial charge in [0.2, 0.25) is 0 Å². The van der Waals surface area contributed by atoms with E-state index in [0.29, 0.717) is 44.6 Å². The highest BCUT2D eigenvalue weighted by molar-refractivity contribution is 5.96. The van der Waals surface area contributed by atoms with Crippen LogP contribution in [0.25, 0.3) is 0 Å². The van der Waals surface area contributed by atoms with Crippen LogP contribution in [0.5, 0.6) is 5.75 Å². The lowest BCUT2D eigenvalue weighted by Crippen LogP contribution is -2.44. The maximum atomic E-state index is 13.0. The van der Waals surface area contributed by atoms with Gasteiger partial charge in [0.25, 0.3) is 5.91 Å². The number of halogens is 2. The van der Waals surface area contributed by atoms with Crippen molar-refractivity contribution in [2.45, 2.75) is 64.8 Å². The van der Waals surface area contributed by atoms with Crippen molar-refractivity contribution in [2.24, 2.45) is 22.4 Å². The average molecular weight is 482 g/mol. The first kappa shape index (κ1) is 27.5. The molecule has 1 fully saturated rings. The Hall–Kier alpha value is -2.75. The number of carbonyl (C=O) groups excluding carboxylic acids is 2. The van der Waals surface area contributed by atoms with Gasteiger partial charge in [0.15, 0.2) is 5.96 Å². The number of alkyl halides is 2. The summed E-state index contributed by atoms with van der Waals surface area (Å²) in [6.07, 6.45) is 4.25. The van der Waals surface area contributed by atoms with Crippen LogP contribution in [-0.4, -0.2) is 60.9 Å². The van der Waals surface area contributed by atoms with Crippen molar-refractivity contribution < 1.29 is 23.1 Å². The molecule has 5 N–H and O–H groups in total. The predicted molar refractivity (Wildman–Crippen MR) is 128 cm³/mol. The van der Waals surface area contributed by atoms with E-state index >= 15 is 0 Å². The van der Waals surface area contributed by atoms with Crippen molar-refractivity contribution in [2.75, 3.05) is 26.2 Å². The Morgan fingerprint density at radius 2 is 2.00 bits per heavy atom. The van der Waals surface area contributed by atoms with E-state index in [9.17, 15) is 18.4 Å². The molecule has 1 aliphatic rings. The van der Waals surface area contributed by atoms with Crippen LogP contribution in [0.15, 0.2) is 23.2 Å². The van der Waals surface area contributed by atoms with Crippen molar-refractivity contribution in [1.82, 2.24) is 10.2 Å². The van der Waals surface area contributed by atoms with E-state index in [4.69, 9.17) is 16.2 Å². The number of ether oxygens (including phenoxy) is 1. The summed E-state index contributed by atoms with van der Waals surface area (Å²) in [6.45, 7) is 6.56. The van der Waals surface area contributed by atoms with Crippen molar-refractivity contribution in [3.63, 3.8) is 0 Å². The van der Waals surface area contributed by atoms with Gasteiger partial charge in [0.1, 0.15) is 5.75 Å². The van der Waals surface area contributed by atoms with E-state index in [1.165, 1.54) is 0 Å². The standard InChI is InChI=1S/C24H37F2N5O3/c1-16-15-19(6-7-20(16)21(32)29-17(2)8-11-27)34-14-4-5-18-9-12-31(13-10-18)23(28)30-22(33)24(3,25)26/h6-7,15,17-18H,4-5,8-14,27H2,1-3H3,(H,29,32)(H2,28,30,33). The number of aryl methyl sites for hydroxylation is 1. The molecule has 1 aromatic carbocycles. The Bertz CT molecular complexity index is 865. The fourth-order valence-electron chi connectivity index (χ4n) is 3.89. The summed E-state index contributed by atoms with van der Waals surface area (Å²) in [7, 11) is 0. The summed E-state index contributed by atoms with van der Waals surface area (Å²) >= 11 is 0. The molecule has 34 heavy (non-hydrogen) atoms. The predicted octanol–water partition coefficient (Wildman–Crippen LogP) is 2.83. The minimum absolute atomic E-state index is 0.0204. The van der Waals surface area contributed by atoms with Crippen LogP contribution in [0.4, 0.5) is 8.78 Å². The molecule has 1 aromatic rings. The Morgan fingerprint density at radius 3 is 2.59 bits per heavy atom. The Morgan fingerprint density at radius 1 is 1.32 bits per heavy atom. The van der Waals surface area contributed by atoms with E-state index in [2.05, 4.69) is 10.3 Å². The van der Waals surface area contributed by atoms with Crippen molar-refractivity contribution in [3.8, 4) is 5.75 Å². The molecule has 1 heterocycles. The zero-order valence-corrected chi connectivity index (χ0v) is 20.3. The maximum absolute atomic E-state index is 13.0. The molecule has 1 unspecified atom stereocenters. The fourth-order valence-corrected chi connectivity index (χ4v) is 3.89. The van der Waals surface area contributed by atoms with Crippen molar-refractivity contribution >= 4 is 17.8 Å². The minimum Gasteiger partial charge on any atom is -0.494 e. The molecular formula is C24H37F2N5O3. The zero-order valence-electron chi connectivity index (χ0n) is 20.3. The van der Waals surface area contributed by atoms with Gasteiger partial charge in [-0.25, -0.2) is 0 Å². The summed E-state index contributed by atoms with van der Waals surface area (Å²) in [5.41, 5.74) is 12.7. The number of piperidine rings is 1. The Labute approximate surface area is 200 Å². The molecular weight excluding hydrogens is 444 g/mol. The number of hydrogen-bond donors (Lipinski definition) is 3. The van der Waals surface area contributed by atoms with Gasteiger partial charge < -0.3 is 26.4 Å². The highest BCUT2D eigenvalue weighted by atomic mass is 19.3. The molecule has 0 aromatic heterocycles. The molecule has 1 aliphatic heterocycles.